The van der Waals surface area contributed by atoms with Gasteiger partial charge in [0.05, 0.1) is 0 Å². The number of nitrogens with one attached hydrogen (secondary N) is 1. The summed E-state index contributed by atoms with van der Waals surface area (Å²) in [5, 5.41) is 3.69. The number of hydrogen-bond acceptors (Lipinski definition) is 2. The van der Waals surface area contributed by atoms with Crippen molar-refractivity contribution in [1.82, 2.24) is 5.32 Å². The van der Waals surface area contributed by atoms with Crippen molar-refractivity contribution in [2.45, 2.75) is 45.3 Å². The van der Waals surface area contributed by atoms with Crippen LogP contribution < -0.4 is 5.32 Å². The van der Waals surface area contributed by atoms with Crippen LogP contribution in [-0.4, -0.2) is 23.5 Å². The first kappa shape index (κ1) is 11.9. The van der Waals surface area contributed by atoms with E-state index >= 15 is 0 Å². The molecule has 0 radical (unpaired) electrons. The number of carbonyl (C=O) groups excluding carboxylic acids is 1. The Bertz CT molecular complexity index is 192. The maximum atomic E-state index is 11.5. The zero-order chi connectivity index (χ0) is 10.6. The summed E-state index contributed by atoms with van der Waals surface area (Å²) in [5.41, 5.74) is 0.104. The fourth-order valence-corrected chi connectivity index (χ4v) is 2.78. The Morgan fingerprint density at radius 2 is 2.21 bits per heavy atom. The summed E-state index contributed by atoms with van der Waals surface area (Å²) < 4.78 is 0. The molecule has 3 heteroatoms. The molecule has 1 rings (SSSR count). The molecule has 0 aromatic carbocycles. The lowest BCUT2D eigenvalue weighted by Gasteiger charge is -2.18. The van der Waals surface area contributed by atoms with Crippen LogP contribution in [0.4, 0.5) is 0 Å². The Kier molecular flexibility index (Phi) is 4.30. The molecule has 1 heterocycles. The number of amides is 1. The lowest BCUT2D eigenvalue weighted by molar-refractivity contribution is -0.122. The summed E-state index contributed by atoms with van der Waals surface area (Å²) in [5.74, 6) is 1.46. The molecule has 0 bridgehead atoms. The Morgan fingerprint density at radius 3 is 2.71 bits per heavy atom. The van der Waals surface area contributed by atoms with Gasteiger partial charge in [-0.25, -0.2) is 0 Å². The van der Waals surface area contributed by atoms with E-state index in [2.05, 4.69) is 26.1 Å². The van der Waals surface area contributed by atoms with Gasteiger partial charge in [0.25, 0.3) is 0 Å². The van der Waals surface area contributed by atoms with Crippen LogP contribution in [0.15, 0.2) is 0 Å². The molecule has 1 aliphatic rings. The van der Waals surface area contributed by atoms with Gasteiger partial charge in [-0.1, -0.05) is 20.8 Å². The van der Waals surface area contributed by atoms with Gasteiger partial charge in [-0.3, -0.25) is 4.79 Å². The Balaban J connectivity index is 2.14. The molecule has 1 amide bonds. The van der Waals surface area contributed by atoms with E-state index in [-0.39, 0.29) is 11.3 Å². The smallest absolute Gasteiger partial charge is 0.220 e. The fraction of sp³-hybridized carbons (Fsp3) is 0.909. The summed E-state index contributed by atoms with van der Waals surface area (Å²) >= 11 is 1.99. The lowest BCUT2D eigenvalue weighted by Crippen LogP contribution is -2.32. The molecule has 0 spiro atoms. The lowest BCUT2D eigenvalue weighted by atomic mass is 9.92. The first-order valence-electron chi connectivity index (χ1n) is 5.36. The van der Waals surface area contributed by atoms with Crippen LogP contribution in [0, 0.1) is 5.41 Å². The predicted octanol–water partition coefficient (Wildman–Crippen LogP) is 2.43. The third-order valence-electron chi connectivity index (χ3n) is 2.24. The maximum absolute atomic E-state index is 11.5. The van der Waals surface area contributed by atoms with E-state index < -0.39 is 0 Å². The average Bonchev–Trinajstić information content (AvgIpc) is 2.49. The second-order valence-corrected chi connectivity index (χ2v) is 6.58. The summed E-state index contributed by atoms with van der Waals surface area (Å²) in [6.45, 7) is 7.14. The molecule has 1 fully saturated rings. The average molecular weight is 215 g/mol. The van der Waals surface area contributed by atoms with Gasteiger partial charge in [0.1, 0.15) is 0 Å². The van der Waals surface area contributed by atoms with Crippen LogP contribution in [0.2, 0.25) is 0 Å². The molecule has 82 valence electrons. The predicted molar refractivity (Wildman–Crippen MR) is 62.6 cm³/mol. The van der Waals surface area contributed by atoms with Gasteiger partial charge in [0.2, 0.25) is 5.91 Å². The van der Waals surface area contributed by atoms with E-state index in [1.54, 1.807) is 0 Å². The highest BCUT2D eigenvalue weighted by Gasteiger charge is 2.19. The van der Waals surface area contributed by atoms with Crippen molar-refractivity contribution in [3.05, 3.63) is 0 Å². The van der Waals surface area contributed by atoms with Gasteiger partial charge in [0, 0.05) is 18.2 Å². The monoisotopic (exact) mass is 215 g/mol. The quantitative estimate of drug-likeness (QED) is 0.783. The maximum Gasteiger partial charge on any atom is 0.220 e. The van der Waals surface area contributed by atoms with Crippen molar-refractivity contribution in [2.24, 2.45) is 5.41 Å². The number of hydrogen-bond donors (Lipinski definition) is 1. The van der Waals surface area contributed by atoms with E-state index in [0.717, 1.165) is 6.54 Å². The highest BCUT2D eigenvalue weighted by Crippen LogP contribution is 2.25. The van der Waals surface area contributed by atoms with E-state index in [4.69, 9.17) is 0 Å². The van der Waals surface area contributed by atoms with Gasteiger partial charge in [0.15, 0.2) is 0 Å². The molecular formula is C11H21NOS. The topological polar surface area (TPSA) is 29.1 Å². The highest BCUT2D eigenvalue weighted by molar-refractivity contribution is 8.00. The molecule has 1 atom stereocenters. The molecule has 0 saturated carbocycles. The minimum Gasteiger partial charge on any atom is -0.355 e. The molecule has 1 saturated heterocycles. The third-order valence-corrected chi connectivity index (χ3v) is 3.64. The molecule has 2 nitrogen and oxygen atoms in total. The van der Waals surface area contributed by atoms with Crippen LogP contribution >= 0.6 is 11.8 Å². The number of carbonyl (C=O) groups is 1. The Hall–Kier alpha value is -0.180. The van der Waals surface area contributed by atoms with Gasteiger partial charge < -0.3 is 5.32 Å². The molecular weight excluding hydrogens is 194 g/mol. The van der Waals surface area contributed by atoms with Gasteiger partial charge in [-0.15, -0.1) is 0 Å². The second kappa shape index (κ2) is 5.06. The normalized spacial score (nSPS) is 22.4. The van der Waals surface area contributed by atoms with Crippen molar-refractivity contribution < 1.29 is 4.79 Å². The molecule has 0 aromatic rings. The Labute approximate surface area is 91.2 Å². The molecule has 1 N–H and O–H groups in total. The third kappa shape index (κ3) is 4.89. The summed E-state index contributed by atoms with van der Waals surface area (Å²) in [6, 6.07) is 0. The first-order chi connectivity index (χ1) is 6.47. The Morgan fingerprint density at radius 1 is 1.50 bits per heavy atom. The minimum absolute atomic E-state index is 0.104. The van der Waals surface area contributed by atoms with Crippen molar-refractivity contribution in [3.8, 4) is 0 Å². The van der Waals surface area contributed by atoms with Crippen LogP contribution in [0.25, 0.3) is 0 Å². The zero-order valence-electron chi connectivity index (χ0n) is 9.43. The second-order valence-electron chi connectivity index (χ2n) is 5.18. The summed E-state index contributed by atoms with van der Waals surface area (Å²) in [6.07, 6.45) is 3.20. The first-order valence-corrected chi connectivity index (χ1v) is 6.40. The van der Waals surface area contributed by atoms with Crippen molar-refractivity contribution in [1.29, 1.82) is 0 Å². The van der Waals surface area contributed by atoms with E-state index in [1.165, 1.54) is 18.6 Å². The van der Waals surface area contributed by atoms with E-state index in [9.17, 15) is 4.79 Å². The van der Waals surface area contributed by atoms with Crippen molar-refractivity contribution >= 4 is 17.7 Å². The fourth-order valence-electron chi connectivity index (χ4n) is 1.58. The van der Waals surface area contributed by atoms with E-state index in [0.29, 0.717) is 11.7 Å². The number of thioether (sulfide) groups is 1. The van der Waals surface area contributed by atoms with E-state index in [1.807, 2.05) is 11.8 Å². The van der Waals surface area contributed by atoms with Gasteiger partial charge in [-0.05, 0) is 24.0 Å². The summed E-state index contributed by atoms with van der Waals surface area (Å²) in [4.78, 5) is 11.5. The number of rotatable bonds is 3. The van der Waals surface area contributed by atoms with Crippen LogP contribution in [0.1, 0.15) is 40.0 Å². The molecule has 1 aliphatic heterocycles. The molecule has 0 aromatic heterocycles. The largest absolute Gasteiger partial charge is 0.355 e. The summed E-state index contributed by atoms with van der Waals surface area (Å²) in [7, 11) is 0. The SMILES string of the molecule is CC(C)(C)CC(=O)NC[C@@H]1CCCS1. The molecule has 0 unspecified atom stereocenters. The minimum atomic E-state index is 0.104. The highest BCUT2D eigenvalue weighted by atomic mass is 32.2. The molecule has 14 heavy (non-hydrogen) atoms. The van der Waals surface area contributed by atoms with Gasteiger partial charge in [-0.2, -0.15) is 11.8 Å². The standard InChI is InChI=1S/C11H21NOS/c1-11(2,3)7-10(13)12-8-9-5-4-6-14-9/h9H,4-8H2,1-3H3,(H,12,13)/t9-/m0/s1. The van der Waals surface area contributed by atoms with Gasteiger partial charge >= 0.3 is 0 Å². The zero-order valence-corrected chi connectivity index (χ0v) is 10.2. The van der Waals surface area contributed by atoms with Crippen LogP contribution in [0.5, 0.6) is 0 Å². The molecule has 0 aliphatic carbocycles. The van der Waals surface area contributed by atoms with Crippen molar-refractivity contribution in [3.63, 3.8) is 0 Å². The van der Waals surface area contributed by atoms with Crippen molar-refractivity contribution in [2.75, 3.05) is 12.3 Å². The van der Waals surface area contributed by atoms with Crippen LogP contribution in [-0.2, 0) is 4.79 Å². The van der Waals surface area contributed by atoms with Crippen LogP contribution in [0.3, 0.4) is 0 Å².